The van der Waals surface area contributed by atoms with Crippen LogP contribution in [0, 0.1) is 5.41 Å². The van der Waals surface area contributed by atoms with E-state index in [4.69, 9.17) is 17.0 Å². The van der Waals surface area contributed by atoms with Crippen molar-refractivity contribution in [1.82, 2.24) is 4.98 Å². The second kappa shape index (κ2) is 2.80. The molecule has 1 aromatic rings. The van der Waals surface area contributed by atoms with Crippen LogP contribution >= 0.6 is 11.6 Å². The average Bonchev–Trinajstić information content (AvgIpc) is 1.88. The summed E-state index contributed by atoms with van der Waals surface area (Å²) in [5.41, 5.74) is 1.32. The van der Waals surface area contributed by atoms with Crippen molar-refractivity contribution in [2.45, 2.75) is 6.92 Å². The minimum absolute atomic E-state index is 0.434. The lowest BCUT2D eigenvalue weighted by Gasteiger charge is -1.95. The van der Waals surface area contributed by atoms with Crippen LogP contribution in [0.25, 0.3) is 0 Å². The summed E-state index contributed by atoms with van der Waals surface area (Å²) in [7, 11) is 0. The fourth-order valence-electron chi connectivity index (χ4n) is 0.636. The lowest BCUT2D eigenvalue weighted by Crippen LogP contribution is -1.91. The highest BCUT2D eigenvalue weighted by Crippen LogP contribution is 2.06. The van der Waals surface area contributed by atoms with Crippen molar-refractivity contribution < 1.29 is 0 Å². The summed E-state index contributed by atoms with van der Waals surface area (Å²) in [4.78, 5) is 3.79. The van der Waals surface area contributed by atoms with Crippen molar-refractivity contribution in [3.8, 4) is 0 Å². The lowest BCUT2D eigenvalue weighted by atomic mass is 10.2. The number of halogens is 1. The quantitative estimate of drug-likeness (QED) is 0.488. The van der Waals surface area contributed by atoms with Gasteiger partial charge in [-0.1, -0.05) is 11.6 Å². The van der Waals surface area contributed by atoms with Crippen LogP contribution in [0.4, 0.5) is 0 Å². The van der Waals surface area contributed by atoms with E-state index in [1.165, 1.54) is 0 Å². The SMILES string of the molecule is CC(=N)c1ccnc(Cl)c1. The molecular formula is C7H7ClN2. The summed E-state index contributed by atoms with van der Waals surface area (Å²) < 4.78 is 0. The predicted octanol–water partition coefficient (Wildman–Crippen LogP) is 2.12. The van der Waals surface area contributed by atoms with Gasteiger partial charge in [0.05, 0.1) is 0 Å². The van der Waals surface area contributed by atoms with Gasteiger partial charge in [0.15, 0.2) is 0 Å². The smallest absolute Gasteiger partial charge is 0.129 e. The van der Waals surface area contributed by atoms with Crippen molar-refractivity contribution in [2.75, 3.05) is 0 Å². The third-order valence-corrected chi connectivity index (χ3v) is 1.37. The van der Waals surface area contributed by atoms with Gasteiger partial charge in [0.2, 0.25) is 0 Å². The Bertz CT molecular complexity index is 258. The summed E-state index contributed by atoms with van der Waals surface area (Å²) in [6, 6.07) is 3.43. The maximum atomic E-state index is 7.25. The van der Waals surface area contributed by atoms with Gasteiger partial charge in [-0.2, -0.15) is 0 Å². The van der Waals surface area contributed by atoms with Gasteiger partial charge in [0, 0.05) is 11.9 Å². The Morgan fingerprint density at radius 3 is 2.80 bits per heavy atom. The number of hydrogen-bond donors (Lipinski definition) is 1. The highest BCUT2D eigenvalue weighted by Gasteiger charge is 1.94. The summed E-state index contributed by atoms with van der Waals surface area (Å²) in [5.74, 6) is 0. The number of pyridine rings is 1. The molecule has 0 aromatic carbocycles. The van der Waals surface area contributed by atoms with E-state index < -0.39 is 0 Å². The fourth-order valence-corrected chi connectivity index (χ4v) is 0.810. The highest BCUT2D eigenvalue weighted by atomic mass is 35.5. The number of hydrogen-bond acceptors (Lipinski definition) is 2. The molecule has 0 radical (unpaired) electrons. The van der Waals surface area contributed by atoms with Crippen LogP contribution in [-0.4, -0.2) is 10.7 Å². The van der Waals surface area contributed by atoms with Gasteiger partial charge >= 0.3 is 0 Å². The molecule has 3 heteroatoms. The van der Waals surface area contributed by atoms with E-state index >= 15 is 0 Å². The molecule has 0 amide bonds. The van der Waals surface area contributed by atoms with Crippen LogP contribution in [-0.2, 0) is 0 Å². The standard InChI is InChI=1S/C7H7ClN2/c1-5(9)6-2-3-10-7(8)4-6/h2-4,9H,1H3. The Kier molecular flexibility index (Phi) is 2.02. The zero-order chi connectivity index (χ0) is 7.56. The van der Waals surface area contributed by atoms with Gasteiger partial charge in [0.1, 0.15) is 5.15 Å². The van der Waals surface area contributed by atoms with Crippen molar-refractivity contribution in [1.29, 1.82) is 5.41 Å². The zero-order valence-electron chi connectivity index (χ0n) is 5.56. The monoisotopic (exact) mass is 154 g/mol. The second-order valence-corrected chi connectivity index (χ2v) is 2.38. The number of nitrogens with zero attached hydrogens (tertiary/aromatic N) is 1. The Balaban J connectivity index is 3.07. The molecule has 52 valence electrons. The van der Waals surface area contributed by atoms with E-state index in [9.17, 15) is 0 Å². The molecule has 1 rings (SSSR count). The van der Waals surface area contributed by atoms with E-state index in [1.54, 1.807) is 25.3 Å². The molecule has 0 atom stereocenters. The maximum Gasteiger partial charge on any atom is 0.129 e. The van der Waals surface area contributed by atoms with Crippen LogP contribution in [0.15, 0.2) is 18.3 Å². The molecule has 0 bridgehead atoms. The molecule has 0 aliphatic rings. The van der Waals surface area contributed by atoms with Crippen LogP contribution in [0.2, 0.25) is 5.15 Å². The molecule has 1 aromatic heterocycles. The fraction of sp³-hybridized carbons (Fsp3) is 0.143. The molecule has 2 nitrogen and oxygen atoms in total. The van der Waals surface area contributed by atoms with E-state index in [0.717, 1.165) is 5.56 Å². The number of nitrogens with one attached hydrogen (secondary N) is 1. The van der Waals surface area contributed by atoms with Crippen LogP contribution in [0.1, 0.15) is 12.5 Å². The topological polar surface area (TPSA) is 36.7 Å². The molecule has 1 N–H and O–H groups in total. The van der Waals surface area contributed by atoms with Crippen LogP contribution in [0.3, 0.4) is 0 Å². The summed E-state index contributed by atoms with van der Waals surface area (Å²) in [6.45, 7) is 1.71. The zero-order valence-corrected chi connectivity index (χ0v) is 6.31. The molecule has 0 spiro atoms. The third kappa shape index (κ3) is 1.54. The summed E-state index contributed by atoms with van der Waals surface area (Å²) in [6.07, 6.45) is 1.59. The molecule has 0 saturated heterocycles. The molecule has 0 saturated carbocycles. The molecule has 1 heterocycles. The summed E-state index contributed by atoms with van der Waals surface area (Å²) >= 11 is 5.58. The van der Waals surface area contributed by atoms with E-state index in [-0.39, 0.29) is 0 Å². The second-order valence-electron chi connectivity index (χ2n) is 1.99. The van der Waals surface area contributed by atoms with Gasteiger partial charge in [-0.05, 0) is 24.6 Å². The van der Waals surface area contributed by atoms with Gasteiger partial charge in [-0.3, -0.25) is 0 Å². The first kappa shape index (κ1) is 7.22. The Labute approximate surface area is 64.4 Å². The average molecular weight is 155 g/mol. The Hall–Kier alpha value is -0.890. The Morgan fingerprint density at radius 2 is 2.40 bits per heavy atom. The first-order valence-corrected chi connectivity index (χ1v) is 3.25. The third-order valence-electron chi connectivity index (χ3n) is 1.16. The van der Waals surface area contributed by atoms with Crippen LogP contribution in [0.5, 0.6) is 0 Å². The molecule has 10 heavy (non-hydrogen) atoms. The normalized spacial score (nSPS) is 9.40. The highest BCUT2D eigenvalue weighted by molar-refractivity contribution is 6.29. The lowest BCUT2D eigenvalue weighted by molar-refractivity contribution is 1.31. The molecule has 0 fully saturated rings. The molecule has 0 unspecified atom stereocenters. The predicted molar refractivity (Wildman–Crippen MR) is 41.7 cm³/mol. The van der Waals surface area contributed by atoms with E-state index in [0.29, 0.717) is 10.9 Å². The summed E-state index contributed by atoms with van der Waals surface area (Å²) in [5, 5.41) is 7.68. The first-order chi connectivity index (χ1) is 4.70. The Morgan fingerprint density at radius 1 is 1.70 bits per heavy atom. The van der Waals surface area contributed by atoms with Crippen LogP contribution < -0.4 is 0 Å². The number of aromatic nitrogens is 1. The van der Waals surface area contributed by atoms with Crippen molar-refractivity contribution in [3.05, 3.63) is 29.0 Å². The minimum Gasteiger partial charge on any atom is -0.305 e. The number of rotatable bonds is 1. The largest absolute Gasteiger partial charge is 0.305 e. The van der Waals surface area contributed by atoms with Gasteiger partial charge in [-0.25, -0.2) is 4.98 Å². The van der Waals surface area contributed by atoms with Crippen molar-refractivity contribution in [2.24, 2.45) is 0 Å². The van der Waals surface area contributed by atoms with Crippen molar-refractivity contribution >= 4 is 17.3 Å². The maximum absolute atomic E-state index is 7.25. The van der Waals surface area contributed by atoms with Gasteiger partial charge < -0.3 is 5.41 Å². The minimum atomic E-state index is 0.434. The van der Waals surface area contributed by atoms with Gasteiger partial charge in [0.25, 0.3) is 0 Å². The van der Waals surface area contributed by atoms with E-state index in [2.05, 4.69) is 4.98 Å². The molecule has 0 aliphatic carbocycles. The van der Waals surface area contributed by atoms with E-state index in [1.807, 2.05) is 0 Å². The molecular weight excluding hydrogens is 148 g/mol. The molecule has 0 aliphatic heterocycles. The van der Waals surface area contributed by atoms with Gasteiger partial charge in [-0.15, -0.1) is 0 Å². The first-order valence-electron chi connectivity index (χ1n) is 2.87. The van der Waals surface area contributed by atoms with Crippen molar-refractivity contribution in [3.63, 3.8) is 0 Å².